The Labute approximate surface area is 133 Å². The van der Waals surface area contributed by atoms with Gasteiger partial charge in [0.15, 0.2) is 5.82 Å². The number of rotatable bonds is 6. The molecule has 0 saturated heterocycles. The number of likely N-dealkylation sites (N-methyl/N-ethyl adjacent to an activating group) is 1. The maximum atomic E-state index is 12.9. The topological polar surface area (TPSA) is 51.0 Å². The van der Waals surface area contributed by atoms with Gasteiger partial charge in [-0.05, 0) is 32.0 Å². The van der Waals surface area contributed by atoms with E-state index < -0.39 is 11.7 Å². The summed E-state index contributed by atoms with van der Waals surface area (Å²) in [5, 5.41) is 7.00. The molecule has 1 aromatic heterocycles. The predicted octanol–water partition coefficient (Wildman–Crippen LogP) is 3.78. The Balaban J connectivity index is 2.26. The van der Waals surface area contributed by atoms with Crippen molar-refractivity contribution >= 4 is 0 Å². The van der Waals surface area contributed by atoms with Crippen LogP contribution in [0.3, 0.4) is 0 Å². The van der Waals surface area contributed by atoms with Gasteiger partial charge in [-0.25, -0.2) is 0 Å². The quantitative estimate of drug-likeness (QED) is 0.877. The molecule has 1 aromatic carbocycles. The molecule has 4 nitrogen and oxygen atoms in total. The number of nitrogens with zero attached hydrogens (tertiary/aromatic N) is 2. The van der Waals surface area contributed by atoms with Gasteiger partial charge in [-0.3, -0.25) is 0 Å². The van der Waals surface area contributed by atoms with Crippen LogP contribution in [-0.4, -0.2) is 23.2 Å². The van der Waals surface area contributed by atoms with Crippen molar-refractivity contribution in [3.63, 3.8) is 0 Å². The minimum Gasteiger partial charge on any atom is -0.339 e. The lowest BCUT2D eigenvalue weighted by atomic mass is 9.94. The Bertz CT molecular complexity index is 639. The Kier molecular flexibility index (Phi) is 5.41. The summed E-state index contributed by atoms with van der Waals surface area (Å²) in [5.41, 5.74) is -0.142. The van der Waals surface area contributed by atoms with Crippen LogP contribution < -0.4 is 5.32 Å². The van der Waals surface area contributed by atoms with Crippen LogP contribution in [0.25, 0.3) is 0 Å². The van der Waals surface area contributed by atoms with Crippen molar-refractivity contribution in [2.45, 2.75) is 44.8 Å². The van der Waals surface area contributed by atoms with Crippen LogP contribution in [0.2, 0.25) is 0 Å². The largest absolute Gasteiger partial charge is 0.416 e. The molecule has 2 aromatic rings. The molecule has 2 atom stereocenters. The number of benzene rings is 1. The molecular formula is C16H20F3N3O. The van der Waals surface area contributed by atoms with Crippen LogP contribution in [0.15, 0.2) is 28.8 Å². The van der Waals surface area contributed by atoms with Crippen molar-refractivity contribution < 1.29 is 17.7 Å². The van der Waals surface area contributed by atoms with Crippen LogP contribution in [-0.2, 0) is 12.6 Å². The molecule has 0 saturated carbocycles. The van der Waals surface area contributed by atoms with Gasteiger partial charge < -0.3 is 9.84 Å². The number of aromatic nitrogens is 2. The summed E-state index contributed by atoms with van der Waals surface area (Å²) >= 11 is 0. The second kappa shape index (κ2) is 7.12. The maximum absolute atomic E-state index is 12.9. The number of nitrogens with one attached hydrogen (secondary N) is 1. The molecule has 1 heterocycles. The van der Waals surface area contributed by atoms with Crippen molar-refractivity contribution in [2.24, 2.45) is 0 Å². The molecule has 0 amide bonds. The van der Waals surface area contributed by atoms with Crippen LogP contribution in [0.5, 0.6) is 0 Å². The number of halogens is 3. The molecule has 0 aliphatic rings. The summed E-state index contributed by atoms with van der Waals surface area (Å²) in [6.45, 7) is 3.87. The summed E-state index contributed by atoms with van der Waals surface area (Å²) in [6, 6.07) is 5.46. The van der Waals surface area contributed by atoms with E-state index in [-0.39, 0.29) is 12.0 Å². The molecule has 126 valence electrons. The summed E-state index contributed by atoms with van der Waals surface area (Å²) < 4.78 is 43.9. The number of hydrogen-bond acceptors (Lipinski definition) is 4. The van der Waals surface area contributed by atoms with Crippen LogP contribution >= 0.6 is 0 Å². The van der Waals surface area contributed by atoms with Crippen molar-refractivity contribution in [2.75, 3.05) is 7.05 Å². The third-order valence-corrected chi connectivity index (χ3v) is 3.79. The fraction of sp³-hybridized carbons (Fsp3) is 0.500. The second-order valence-electron chi connectivity index (χ2n) is 5.53. The van der Waals surface area contributed by atoms with Crippen molar-refractivity contribution in [1.82, 2.24) is 15.5 Å². The molecule has 1 N–H and O–H groups in total. The summed E-state index contributed by atoms with van der Waals surface area (Å²) in [5.74, 6) is 0.556. The minimum absolute atomic E-state index is 0.189. The normalized spacial score (nSPS) is 14.7. The van der Waals surface area contributed by atoms with Gasteiger partial charge in [-0.2, -0.15) is 18.2 Å². The van der Waals surface area contributed by atoms with Gasteiger partial charge in [0.2, 0.25) is 5.89 Å². The Morgan fingerprint density at radius 2 is 2.04 bits per heavy atom. The average molecular weight is 327 g/mol. The zero-order valence-corrected chi connectivity index (χ0v) is 13.3. The highest BCUT2D eigenvalue weighted by Crippen LogP contribution is 2.33. The Morgan fingerprint density at radius 3 is 2.65 bits per heavy atom. The van der Waals surface area contributed by atoms with Gasteiger partial charge in [0.05, 0.1) is 11.5 Å². The highest BCUT2D eigenvalue weighted by Gasteiger charge is 2.31. The smallest absolute Gasteiger partial charge is 0.339 e. The Hall–Kier alpha value is -1.89. The number of hydrogen-bond donors (Lipinski definition) is 1. The first kappa shape index (κ1) is 17.5. The molecule has 0 radical (unpaired) electrons. The van der Waals surface area contributed by atoms with E-state index >= 15 is 0 Å². The predicted molar refractivity (Wildman–Crippen MR) is 80.1 cm³/mol. The van der Waals surface area contributed by atoms with Gasteiger partial charge in [-0.15, -0.1) is 0 Å². The van der Waals surface area contributed by atoms with E-state index in [2.05, 4.69) is 15.5 Å². The van der Waals surface area contributed by atoms with Crippen LogP contribution in [0, 0.1) is 0 Å². The zero-order chi connectivity index (χ0) is 17.0. The average Bonchev–Trinajstić information content (AvgIpc) is 2.95. The van der Waals surface area contributed by atoms with Crippen LogP contribution in [0.1, 0.15) is 49.0 Å². The molecule has 0 fully saturated rings. The molecule has 0 aliphatic heterocycles. The van der Waals surface area contributed by atoms with E-state index in [1.165, 1.54) is 6.07 Å². The fourth-order valence-electron chi connectivity index (χ4n) is 2.35. The summed E-state index contributed by atoms with van der Waals surface area (Å²) in [6.07, 6.45) is -3.19. The number of alkyl halides is 3. The van der Waals surface area contributed by atoms with E-state index in [1.54, 1.807) is 6.07 Å². The highest BCUT2D eigenvalue weighted by atomic mass is 19.4. The molecule has 2 unspecified atom stereocenters. The van der Waals surface area contributed by atoms with Crippen molar-refractivity contribution in [3.8, 4) is 0 Å². The van der Waals surface area contributed by atoms with Crippen LogP contribution in [0.4, 0.5) is 13.2 Å². The molecule has 0 bridgehead atoms. The third-order valence-electron chi connectivity index (χ3n) is 3.79. The van der Waals surface area contributed by atoms with Gasteiger partial charge in [0, 0.05) is 12.5 Å². The highest BCUT2D eigenvalue weighted by molar-refractivity contribution is 5.31. The summed E-state index contributed by atoms with van der Waals surface area (Å²) in [7, 11) is 1.84. The van der Waals surface area contributed by atoms with E-state index in [1.807, 2.05) is 20.9 Å². The van der Waals surface area contributed by atoms with E-state index in [9.17, 15) is 13.2 Å². The molecule has 0 aliphatic carbocycles. The standard InChI is InChI=1S/C16H20F3N3O/c1-4-13(11-6-5-7-12(9-11)16(17,18)19)15-21-14(22-23-15)8-10(2)20-3/h5-7,9-10,13,20H,4,8H2,1-3H3. The first-order valence-corrected chi connectivity index (χ1v) is 7.52. The zero-order valence-electron chi connectivity index (χ0n) is 13.3. The Morgan fingerprint density at radius 1 is 1.30 bits per heavy atom. The first-order chi connectivity index (χ1) is 10.8. The monoisotopic (exact) mass is 327 g/mol. The van der Waals surface area contributed by atoms with Gasteiger partial charge >= 0.3 is 6.18 Å². The fourth-order valence-corrected chi connectivity index (χ4v) is 2.35. The first-order valence-electron chi connectivity index (χ1n) is 7.52. The SMILES string of the molecule is CCC(c1cccc(C(F)(F)F)c1)c1nc(CC(C)NC)no1. The molecule has 0 spiro atoms. The molecule has 7 heteroatoms. The lowest BCUT2D eigenvalue weighted by Crippen LogP contribution is -2.24. The maximum Gasteiger partial charge on any atom is 0.416 e. The third kappa shape index (κ3) is 4.31. The van der Waals surface area contributed by atoms with E-state index in [4.69, 9.17) is 4.52 Å². The van der Waals surface area contributed by atoms with E-state index in [0.29, 0.717) is 30.1 Å². The van der Waals surface area contributed by atoms with E-state index in [0.717, 1.165) is 12.1 Å². The van der Waals surface area contributed by atoms with Gasteiger partial charge in [0.25, 0.3) is 0 Å². The summed E-state index contributed by atoms with van der Waals surface area (Å²) in [4.78, 5) is 4.34. The van der Waals surface area contributed by atoms with Crippen molar-refractivity contribution in [1.29, 1.82) is 0 Å². The minimum atomic E-state index is -4.36. The van der Waals surface area contributed by atoms with Crippen molar-refractivity contribution in [3.05, 3.63) is 47.1 Å². The lowest BCUT2D eigenvalue weighted by Gasteiger charge is -2.13. The van der Waals surface area contributed by atoms with Gasteiger partial charge in [-0.1, -0.05) is 30.3 Å². The molecule has 2 rings (SSSR count). The molecular weight excluding hydrogens is 307 g/mol. The molecule has 23 heavy (non-hydrogen) atoms. The lowest BCUT2D eigenvalue weighted by molar-refractivity contribution is -0.137. The van der Waals surface area contributed by atoms with Gasteiger partial charge in [0.1, 0.15) is 0 Å². The second-order valence-corrected chi connectivity index (χ2v) is 5.53.